The highest BCUT2D eigenvalue weighted by Gasteiger charge is 2.19. The van der Waals surface area contributed by atoms with Gasteiger partial charge in [0.1, 0.15) is 5.69 Å². The van der Waals surface area contributed by atoms with Crippen LogP contribution in [0.2, 0.25) is 0 Å². The summed E-state index contributed by atoms with van der Waals surface area (Å²) >= 11 is 0. The smallest absolute Gasteiger partial charge is 0.340 e. The van der Waals surface area contributed by atoms with Gasteiger partial charge in [-0.2, -0.15) is 0 Å². The Balaban J connectivity index is 1.68. The number of carbonyl (C=O) groups excluding carboxylic acids is 2. The summed E-state index contributed by atoms with van der Waals surface area (Å²) in [5.41, 5.74) is 2.08. The summed E-state index contributed by atoms with van der Waals surface area (Å²) < 4.78 is 8.34. The van der Waals surface area contributed by atoms with Gasteiger partial charge in [0.25, 0.3) is 11.5 Å². The van der Waals surface area contributed by atoms with Crippen LogP contribution >= 0.6 is 0 Å². The maximum absolute atomic E-state index is 12.9. The van der Waals surface area contributed by atoms with Crippen LogP contribution in [0.1, 0.15) is 35.8 Å². The van der Waals surface area contributed by atoms with E-state index in [1.54, 1.807) is 49.0 Å². The normalized spacial score (nSPS) is 10.6. The first kappa shape index (κ1) is 22.9. The summed E-state index contributed by atoms with van der Waals surface area (Å²) in [6.45, 7) is 4.06. The first-order valence-electron chi connectivity index (χ1n) is 10.6. The number of ether oxygens (including phenoxy) is 1. The third kappa shape index (κ3) is 5.08. The molecule has 0 spiro atoms. The monoisotopic (exact) mass is 436 g/mol. The van der Waals surface area contributed by atoms with E-state index in [2.05, 4.69) is 17.6 Å². The van der Waals surface area contributed by atoms with Crippen molar-refractivity contribution in [1.29, 1.82) is 0 Å². The second kappa shape index (κ2) is 10.5. The van der Waals surface area contributed by atoms with E-state index in [-0.39, 0.29) is 11.2 Å². The number of rotatable bonds is 9. The Hall–Kier alpha value is -3.81. The number of anilines is 2. The SMILES string of the molecule is CCCCNc1ccccc1C(=O)OCC(=O)Nc1c(C)n(C)n(-c2ccccc2)c1=O. The minimum Gasteiger partial charge on any atom is -0.452 e. The topological polar surface area (TPSA) is 94.4 Å². The fourth-order valence-electron chi connectivity index (χ4n) is 3.31. The number of amides is 1. The van der Waals surface area contributed by atoms with Crippen LogP contribution in [0.4, 0.5) is 11.4 Å². The van der Waals surface area contributed by atoms with Crippen molar-refractivity contribution in [2.75, 3.05) is 23.8 Å². The average molecular weight is 437 g/mol. The molecule has 3 aromatic rings. The molecule has 0 unspecified atom stereocenters. The van der Waals surface area contributed by atoms with Gasteiger partial charge in [0.15, 0.2) is 6.61 Å². The van der Waals surface area contributed by atoms with Crippen molar-refractivity contribution in [3.05, 3.63) is 76.2 Å². The van der Waals surface area contributed by atoms with Crippen LogP contribution < -0.4 is 16.2 Å². The molecule has 2 aromatic carbocycles. The number of hydrogen-bond donors (Lipinski definition) is 2. The van der Waals surface area contributed by atoms with Crippen molar-refractivity contribution in [3.63, 3.8) is 0 Å². The number of benzene rings is 2. The number of nitrogens with one attached hydrogen (secondary N) is 2. The van der Waals surface area contributed by atoms with Gasteiger partial charge < -0.3 is 15.4 Å². The van der Waals surface area contributed by atoms with Crippen LogP contribution in [0.15, 0.2) is 59.4 Å². The van der Waals surface area contributed by atoms with E-state index in [4.69, 9.17) is 4.74 Å². The van der Waals surface area contributed by atoms with Crippen molar-refractivity contribution in [1.82, 2.24) is 9.36 Å². The molecular formula is C24H28N4O4. The average Bonchev–Trinajstić information content (AvgIpc) is 3.01. The molecule has 1 heterocycles. The lowest BCUT2D eigenvalue weighted by atomic mass is 10.1. The molecule has 0 radical (unpaired) electrons. The molecule has 0 aliphatic heterocycles. The molecule has 0 aliphatic carbocycles. The molecule has 8 heteroatoms. The molecule has 0 fully saturated rings. The number of carbonyl (C=O) groups is 2. The molecule has 0 atom stereocenters. The Morgan fingerprint density at radius 3 is 2.44 bits per heavy atom. The minimum absolute atomic E-state index is 0.152. The predicted molar refractivity (Wildman–Crippen MR) is 124 cm³/mol. The zero-order valence-electron chi connectivity index (χ0n) is 18.6. The van der Waals surface area contributed by atoms with Gasteiger partial charge in [-0.3, -0.25) is 14.3 Å². The fourth-order valence-corrected chi connectivity index (χ4v) is 3.31. The molecule has 0 aliphatic rings. The van der Waals surface area contributed by atoms with Crippen LogP contribution in [0.5, 0.6) is 0 Å². The summed E-state index contributed by atoms with van der Waals surface area (Å²) in [5.74, 6) is -1.19. The van der Waals surface area contributed by atoms with Crippen molar-refractivity contribution < 1.29 is 14.3 Å². The van der Waals surface area contributed by atoms with Crippen molar-refractivity contribution in [2.45, 2.75) is 26.7 Å². The lowest BCUT2D eigenvalue weighted by Gasteiger charge is -2.11. The van der Waals surface area contributed by atoms with Crippen LogP contribution in [0, 0.1) is 6.92 Å². The van der Waals surface area contributed by atoms with Gasteiger partial charge in [0.2, 0.25) is 0 Å². The van der Waals surface area contributed by atoms with E-state index >= 15 is 0 Å². The van der Waals surface area contributed by atoms with Gasteiger partial charge in [-0.1, -0.05) is 43.7 Å². The summed E-state index contributed by atoms with van der Waals surface area (Å²) in [7, 11) is 1.74. The summed E-state index contributed by atoms with van der Waals surface area (Å²) in [5, 5.41) is 5.80. The van der Waals surface area contributed by atoms with Crippen LogP contribution in [0.25, 0.3) is 5.69 Å². The maximum Gasteiger partial charge on any atom is 0.340 e. The van der Waals surface area contributed by atoms with Gasteiger partial charge in [-0.15, -0.1) is 0 Å². The number of hydrogen-bond acceptors (Lipinski definition) is 5. The first-order chi connectivity index (χ1) is 15.4. The van der Waals surface area contributed by atoms with Crippen LogP contribution in [0.3, 0.4) is 0 Å². The molecule has 8 nitrogen and oxygen atoms in total. The number of aromatic nitrogens is 2. The van der Waals surface area contributed by atoms with Crippen molar-refractivity contribution in [3.8, 4) is 5.69 Å². The highest BCUT2D eigenvalue weighted by Crippen LogP contribution is 2.17. The summed E-state index contributed by atoms with van der Waals surface area (Å²) in [6, 6.07) is 16.1. The van der Waals surface area contributed by atoms with Gasteiger partial charge >= 0.3 is 5.97 Å². The van der Waals surface area contributed by atoms with E-state index in [1.165, 1.54) is 4.68 Å². The van der Waals surface area contributed by atoms with E-state index in [9.17, 15) is 14.4 Å². The largest absolute Gasteiger partial charge is 0.452 e. The molecule has 0 bridgehead atoms. The van der Waals surface area contributed by atoms with Crippen LogP contribution in [-0.4, -0.2) is 34.4 Å². The molecule has 1 aromatic heterocycles. The Morgan fingerprint density at radius 2 is 1.72 bits per heavy atom. The zero-order chi connectivity index (χ0) is 23.1. The number of para-hydroxylation sites is 2. The molecule has 1 amide bonds. The third-order valence-corrected chi connectivity index (χ3v) is 5.15. The van der Waals surface area contributed by atoms with Crippen molar-refractivity contribution in [2.24, 2.45) is 7.05 Å². The highest BCUT2D eigenvalue weighted by atomic mass is 16.5. The Morgan fingerprint density at radius 1 is 1.03 bits per heavy atom. The Bertz CT molecular complexity index is 1150. The van der Waals surface area contributed by atoms with Gasteiger partial charge in [-0.25, -0.2) is 9.48 Å². The van der Waals surface area contributed by atoms with Gasteiger partial charge in [-0.05, 0) is 37.6 Å². The second-order valence-corrected chi connectivity index (χ2v) is 7.39. The molecule has 2 N–H and O–H groups in total. The van der Waals surface area contributed by atoms with Gasteiger partial charge in [0.05, 0.1) is 16.9 Å². The third-order valence-electron chi connectivity index (χ3n) is 5.15. The number of nitrogens with zero attached hydrogens (tertiary/aromatic N) is 2. The second-order valence-electron chi connectivity index (χ2n) is 7.39. The van der Waals surface area contributed by atoms with Crippen molar-refractivity contribution >= 4 is 23.3 Å². The number of unbranched alkanes of at least 4 members (excludes halogenated alkanes) is 1. The lowest BCUT2D eigenvalue weighted by Crippen LogP contribution is -2.26. The van der Waals surface area contributed by atoms with E-state index < -0.39 is 18.5 Å². The van der Waals surface area contributed by atoms with E-state index in [0.29, 0.717) is 22.6 Å². The Labute approximate surface area is 186 Å². The molecular weight excluding hydrogens is 408 g/mol. The molecule has 0 saturated carbocycles. The van der Waals surface area contributed by atoms with Crippen LogP contribution in [-0.2, 0) is 16.6 Å². The zero-order valence-corrected chi connectivity index (χ0v) is 18.6. The maximum atomic E-state index is 12.9. The molecule has 3 rings (SSSR count). The summed E-state index contributed by atoms with van der Waals surface area (Å²) in [6.07, 6.45) is 2.01. The van der Waals surface area contributed by atoms with Gasteiger partial charge in [0, 0.05) is 19.3 Å². The highest BCUT2D eigenvalue weighted by molar-refractivity contribution is 5.98. The van der Waals surface area contributed by atoms with E-state index in [0.717, 1.165) is 19.4 Å². The Kier molecular flexibility index (Phi) is 7.49. The fraction of sp³-hybridized carbons (Fsp3) is 0.292. The lowest BCUT2D eigenvalue weighted by molar-refractivity contribution is -0.119. The molecule has 32 heavy (non-hydrogen) atoms. The summed E-state index contributed by atoms with van der Waals surface area (Å²) in [4.78, 5) is 37.9. The first-order valence-corrected chi connectivity index (χ1v) is 10.6. The number of esters is 1. The van der Waals surface area contributed by atoms with E-state index in [1.807, 2.05) is 24.3 Å². The predicted octanol–water partition coefficient (Wildman–Crippen LogP) is 3.49. The quantitative estimate of drug-likeness (QED) is 0.396. The standard InChI is InChI=1S/C24H28N4O4/c1-4-5-15-25-20-14-10-9-13-19(20)24(31)32-16-21(29)26-22-17(2)27(3)28(23(22)30)18-11-7-6-8-12-18/h6-14,25H,4-5,15-16H2,1-3H3,(H,26,29). The minimum atomic E-state index is -0.605. The molecule has 0 saturated heterocycles. The molecule has 168 valence electrons.